The maximum atomic E-state index is 10.6. The van der Waals surface area contributed by atoms with Crippen molar-refractivity contribution in [3.05, 3.63) is 23.8 Å². The maximum absolute atomic E-state index is 10.6. The molecule has 1 rings (SSSR count). The quantitative estimate of drug-likeness (QED) is 0.659. The summed E-state index contributed by atoms with van der Waals surface area (Å²) in [4.78, 5) is 10.6. The summed E-state index contributed by atoms with van der Waals surface area (Å²) in [6.07, 6.45) is -0.516. The van der Waals surface area contributed by atoms with Gasteiger partial charge in [0, 0.05) is 6.42 Å². The van der Waals surface area contributed by atoms with Crippen LogP contribution in [0.15, 0.2) is 18.2 Å². The molecule has 70 valence electrons. The Morgan fingerprint density at radius 2 is 2.08 bits per heavy atom. The van der Waals surface area contributed by atoms with Gasteiger partial charge in [0.05, 0.1) is 14.2 Å². The van der Waals surface area contributed by atoms with Gasteiger partial charge in [-0.2, -0.15) is 0 Å². The van der Waals surface area contributed by atoms with Crippen LogP contribution in [0, 0.1) is 0 Å². The molecule has 0 N–H and O–H groups in total. The van der Waals surface area contributed by atoms with Crippen LogP contribution in [0.3, 0.4) is 0 Å². The molecule has 0 unspecified atom stereocenters. The Morgan fingerprint density at radius 1 is 1.38 bits per heavy atom. The van der Waals surface area contributed by atoms with E-state index in [4.69, 9.17) is 10.8 Å². The average Bonchev–Trinajstić information content (AvgIpc) is 2.16. The second kappa shape index (κ2) is 4.50. The van der Waals surface area contributed by atoms with Crippen molar-refractivity contribution >= 4 is 6.26 Å². The van der Waals surface area contributed by atoms with Gasteiger partial charge in [-0.3, -0.25) is 0 Å². The minimum atomic E-state index is -0.614. The first-order chi connectivity index (χ1) is 6.67. The Balaban J connectivity index is 2.95. The molecule has 0 aliphatic heterocycles. The van der Waals surface area contributed by atoms with Gasteiger partial charge in [-0.05, 0) is 17.7 Å². The second-order valence-corrected chi connectivity index (χ2v) is 2.51. The van der Waals surface area contributed by atoms with E-state index in [1.54, 1.807) is 25.3 Å². The van der Waals surface area contributed by atoms with Crippen LogP contribution < -0.4 is 9.47 Å². The fraction of sp³-hybridized carbons (Fsp3) is 0.300. The molecule has 0 spiro atoms. The topological polar surface area (TPSA) is 35.5 Å². The molecule has 0 heterocycles. The van der Waals surface area contributed by atoms with Gasteiger partial charge in [-0.15, -0.1) is 0 Å². The van der Waals surface area contributed by atoms with Crippen molar-refractivity contribution in [3.8, 4) is 11.5 Å². The van der Waals surface area contributed by atoms with Crippen molar-refractivity contribution in [3.63, 3.8) is 0 Å². The van der Waals surface area contributed by atoms with Crippen LogP contribution in [0.25, 0.3) is 0 Å². The molecule has 0 fully saturated rings. The monoisotopic (exact) mass is 181 g/mol. The van der Waals surface area contributed by atoms with Crippen molar-refractivity contribution in [2.75, 3.05) is 14.2 Å². The van der Waals surface area contributed by atoms with E-state index in [1.165, 1.54) is 7.11 Å². The lowest BCUT2D eigenvalue weighted by molar-refractivity contribution is -0.107. The van der Waals surface area contributed by atoms with Crippen LogP contribution >= 0.6 is 0 Å². The van der Waals surface area contributed by atoms with Gasteiger partial charge < -0.3 is 14.3 Å². The van der Waals surface area contributed by atoms with Crippen LogP contribution in [0.5, 0.6) is 11.5 Å². The predicted molar refractivity (Wildman–Crippen MR) is 49.3 cm³/mol. The largest absolute Gasteiger partial charge is 0.493 e. The Bertz CT molecular complexity index is 336. The summed E-state index contributed by atoms with van der Waals surface area (Å²) in [5.41, 5.74) is 0.752. The normalized spacial score (nSPS) is 10.5. The third-order valence-electron chi connectivity index (χ3n) is 1.72. The molecule has 1 aromatic rings. The highest BCUT2D eigenvalue weighted by atomic mass is 16.5. The molecule has 13 heavy (non-hydrogen) atoms. The Kier molecular flexibility index (Phi) is 2.81. The van der Waals surface area contributed by atoms with E-state index in [2.05, 4.69) is 0 Å². The number of carbonyl (C=O) groups excluding carboxylic acids is 1. The van der Waals surface area contributed by atoms with Gasteiger partial charge in [0.1, 0.15) is 7.63 Å². The van der Waals surface area contributed by atoms with E-state index < -0.39 is 6.26 Å². The Labute approximate surface area is 78.7 Å². The van der Waals surface area contributed by atoms with E-state index in [9.17, 15) is 4.79 Å². The molecule has 0 aliphatic carbocycles. The first kappa shape index (κ1) is 8.10. The molecule has 0 saturated heterocycles. The van der Waals surface area contributed by atoms with Crippen molar-refractivity contribution in [1.82, 2.24) is 0 Å². The summed E-state index contributed by atoms with van der Waals surface area (Å²) >= 11 is 0. The zero-order valence-corrected chi connectivity index (χ0v) is 7.66. The van der Waals surface area contributed by atoms with Crippen LogP contribution in [0.4, 0.5) is 0 Å². The van der Waals surface area contributed by atoms with Crippen LogP contribution in [0.2, 0.25) is 0 Å². The van der Waals surface area contributed by atoms with Gasteiger partial charge in [-0.25, -0.2) is 0 Å². The fourth-order valence-electron chi connectivity index (χ4n) is 1.07. The van der Waals surface area contributed by atoms with Crippen molar-refractivity contribution in [2.45, 2.75) is 6.42 Å². The fourth-order valence-corrected chi connectivity index (χ4v) is 1.07. The first-order valence-corrected chi connectivity index (χ1v) is 3.87. The number of methoxy groups -OCH3 is 2. The van der Waals surface area contributed by atoms with Crippen LogP contribution in [0.1, 0.15) is 6.93 Å². The molecule has 0 amide bonds. The van der Waals surface area contributed by atoms with E-state index in [-0.39, 0.29) is 6.42 Å². The lowest BCUT2D eigenvalue weighted by atomic mass is 10.1. The highest BCUT2D eigenvalue weighted by molar-refractivity contribution is 5.56. The highest BCUT2D eigenvalue weighted by Crippen LogP contribution is 2.27. The molecular formula is C10H12O3. The maximum Gasteiger partial charge on any atom is 0.161 e. The SMILES string of the molecule is [2H]C(=O)Cc1ccc(OC)c(OC)c1. The third kappa shape index (κ3) is 2.21. The number of rotatable bonds is 4. The number of carbonyl (C=O) groups is 1. The number of ether oxygens (including phenoxy) is 2. The third-order valence-corrected chi connectivity index (χ3v) is 1.72. The van der Waals surface area contributed by atoms with Gasteiger partial charge in [0.15, 0.2) is 11.5 Å². The molecule has 0 saturated carbocycles. The van der Waals surface area contributed by atoms with Gasteiger partial charge in [0.25, 0.3) is 0 Å². The Hall–Kier alpha value is -1.51. The summed E-state index contributed by atoms with van der Waals surface area (Å²) < 4.78 is 16.9. The second-order valence-electron chi connectivity index (χ2n) is 2.51. The molecule has 0 radical (unpaired) electrons. The lowest BCUT2D eigenvalue weighted by Crippen LogP contribution is -1.93. The lowest BCUT2D eigenvalue weighted by Gasteiger charge is -2.07. The van der Waals surface area contributed by atoms with Crippen LogP contribution in [-0.4, -0.2) is 20.5 Å². The number of hydrogen-bond donors (Lipinski definition) is 0. The van der Waals surface area contributed by atoms with Crippen LogP contribution in [-0.2, 0) is 11.2 Å². The summed E-state index contributed by atoms with van der Waals surface area (Å²) in [6, 6.07) is 5.16. The highest BCUT2D eigenvalue weighted by Gasteiger charge is 2.03. The molecule has 0 atom stereocenters. The molecule has 0 aromatic heterocycles. The summed E-state index contributed by atoms with van der Waals surface area (Å²) in [5, 5.41) is 0. The van der Waals surface area contributed by atoms with Crippen molar-refractivity contribution < 1.29 is 15.6 Å². The smallest absolute Gasteiger partial charge is 0.161 e. The van der Waals surface area contributed by atoms with E-state index >= 15 is 0 Å². The zero-order chi connectivity index (χ0) is 10.6. The van der Waals surface area contributed by atoms with Gasteiger partial charge >= 0.3 is 0 Å². The van der Waals surface area contributed by atoms with Gasteiger partial charge in [0.2, 0.25) is 0 Å². The number of aldehydes is 1. The van der Waals surface area contributed by atoms with E-state index in [0.717, 1.165) is 5.56 Å². The van der Waals surface area contributed by atoms with E-state index in [0.29, 0.717) is 11.5 Å². The first-order valence-electron chi connectivity index (χ1n) is 4.37. The van der Waals surface area contributed by atoms with Crippen molar-refractivity contribution in [1.29, 1.82) is 0 Å². The number of benzene rings is 1. The van der Waals surface area contributed by atoms with Crippen molar-refractivity contribution in [2.24, 2.45) is 0 Å². The average molecular weight is 181 g/mol. The summed E-state index contributed by atoms with van der Waals surface area (Å²) in [5.74, 6) is 1.19. The molecule has 0 aliphatic rings. The summed E-state index contributed by atoms with van der Waals surface area (Å²) in [7, 11) is 3.08. The van der Waals surface area contributed by atoms with Gasteiger partial charge in [-0.1, -0.05) is 6.07 Å². The Morgan fingerprint density at radius 3 is 2.62 bits per heavy atom. The molecule has 3 nitrogen and oxygen atoms in total. The van der Waals surface area contributed by atoms with E-state index in [1.807, 2.05) is 0 Å². The zero-order valence-electron chi connectivity index (χ0n) is 8.66. The predicted octanol–water partition coefficient (Wildman–Crippen LogP) is 1.45. The molecular weight excluding hydrogens is 168 g/mol. The molecule has 3 heteroatoms. The minimum absolute atomic E-state index is 0.0976. The standard InChI is InChI=1S/C10H12O3/c1-12-9-4-3-8(5-6-11)7-10(9)13-2/h3-4,6-7H,5H2,1-2H3/i6D. The molecule has 1 aromatic carbocycles. The minimum Gasteiger partial charge on any atom is -0.493 e. The molecule has 0 bridgehead atoms. The number of hydrogen-bond acceptors (Lipinski definition) is 3. The summed E-state index contributed by atoms with van der Waals surface area (Å²) in [6.45, 7) is 0.